The van der Waals surface area contributed by atoms with Crippen molar-refractivity contribution < 1.29 is 13.8 Å². The molecule has 4 atom stereocenters. The van der Waals surface area contributed by atoms with E-state index in [0.29, 0.717) is 15.8 Å². The highest BCUT2D eigenvalue weighted by Gasteiger charge is 2.51. The highest BCUT2D eigenvalue weighted by atomic mass is 31.2. The number of unbranched alkanes of at least 4 members (excludes halogenated alkanes) is 1. The molecule has 0 radical (unpaired) electrons. The Morgan fingerprint density at radius 1 is 0.462 bits per heavy atom. The molecule has 4 heterocycles. The van der Waals surface area contributed by atoms with Crippen LogP contribution in [0.4, 0.5) is 0 Å². The van der Waals surface area contributed by atoms with Crippen molar-refractivity contribution in [2.45, 2.75) is 276 Å². The number of fused-ring (bicyclic) bond motifs is 2. The molecule has 9 heteroatoms. The van der Waals surface area contributed by atoms with Crippen molar-refractivity contribution in [3.63, 3.8) is 0 Å². The van der Waals surface area contributed by atoms with Crippen LogP contribution in [-0.4, -0.2) is 66.9 Å². The minimum absolute atomic E-state index is 0.0298. The van der Waals surface area contributed by atoms with Crippen LogP contribution in [0.2, 0.25) is 0 Å². The summed E-state index contributed by atoms with van der Waals surface area (Å²) in [5, 5.41) is 6.52. The van der Waals surface area contributed by atoms with E-state index in [9.17, 15) is 0 Å². The highest BCUT2D eigenvalue weighted by molar-refractivity contribution is 7.73. The summed E-state index contributed by atoms with van der Waals surface area (Å²) in [6.07, 6.45) is 17.9. The van der Waals surface area contributed by atoms with E-state index in [1.54, 1.807) is 12.3 Å². The zero-order chi connectivity index (χ0) is 66.2. The molecular formula is C82H118O3P6. The van der Waals surface area contributed by atoms with Gasteiger partial charge in [-0.25, -0.2) is 0 Å². The first-order valence-electron chi connectivity index (χ1n) is 35.0. The molecule has 6 aliphatic rings. The quantitative estimate of drug-likeness (QED) is 0.128. The van der Waals surface area contributed by atoms with E-state index < -0.39 is 24.2 Å². The van der Waals surface area contributed by atoms with E-state index in [2.05, 4.69) is 286 Å². The van der Waals surface area contributed by atoms with Gasteiger partial charge in [0.15, 0.2) is 0 Å². The van der Waals surface area contributed by atoms with E-state index in [0.717, 1.165) is 58.5 Å². The number of ether oxygens (including phenoxy) is 1. The summed E-state index contributed by atoms with van der Waals surface area (Å²) in [6, 6.07) is 48.9. The minimum Gasteiger partial charge on any atom is -0.455 e. The topological polar surface area (TPSA) is 27.7 Å². The van der Waals surface area contributed by atoms with Crippen LogP contribution in [-0.2, 0) is 23.7 Å². The van der Waals surface area contributed by atoms with Crippen LogP contribution in [0.15, 0.2) is 133 Å². The largest absolute Gasteiger partial charge is 0.455 e. The maximum atomic E-state index is 7.15. The van der Waals surface area contributed by atoms with Crippen molar-refractivity contribution in [3.8, 4) is 23.0 Å². The predicted molar refractivity (Wildman–Crippen MR) is 414 cm³/mol. The Balaban J connectivity index is 0.000000150. The molecule has 0 bridgehead atoms. The summed E-state index contributed by atoms with van der Waals surface area (Å²) in [4.78, 5) is 0. The van der Waals surface area contributed by atoms with Crippen LogP contribution in [0.25, 0.3) is 0 Å². The summed E-state index contributed by atoms with van der Waals surface area (Å²) in [7, 11) is -1.35. The van der Waals surface area contributed by atoms with Gasteiger partial charge in [0.05, 0.1) is 5.16 Å². The van der Waals surface area contributed by atoms with E-state index in [1.807, 2.05) is 0 Å². The standard InChI is InChI=1S/C31H48OP2.C21H23O2P.C16H19P.C14H28P2/c1-27(2,3)33(28(4,5)6)23-19-15-17-21-25(23)32-26-22(31(21,13)14)18-16-20-24(26)34(29(7,8)9)30(10,11)12;1-20(2,3)24-22-16-8-4-6-14-10-12-21(18(14)16)13-11-15-7-5-9-17(23-24)19(15)21;1-2-3-14-17(15-10-6-4-7-11-15)16-12-8-5-9-13-16;1-11-5-6-12(2)15(11)9-10-16-13(3)7-8-14(16)4/h15-20H,1-14H3;4-9H,10-13H2,1-3H3;4-13H,2-3,14H2,1H3;11-14H,5-10H2,1-4H3. The molecule has 494 valence electrons. The fraction of sp³-hybridized carbons (Fsp3) is 0.561. The van der Waals surface area contributed by atoms with Crippen LogP contribution in [0.1, 0.15) is 237 Å². The van der Waals surface area contributed by atoms with Crippen LogP contribution in [0, 0.1) is 0 Å². The van der Waals surface area contributed by atoms with Gasteiger partial charge in [0.2, 0.25) is 0 Å². The molecule has 2 aliphatic carbocycles. The Morgan fingerprint density at radius 3 is 1.16 bits per heavy atom. The molecule has 0 amide bonds. The average Bonchev–Trinajstić information content (AvgIpc) is 1.68. The molecule has 6 aromatic rings. The van der Waals surface area contributed by atoms with Gasteiger partial charge in [-0.3, -0.25) is 0 Å². The third-order valence-electron chi connectivity index (χ3n) is 20.2. The monoisotopic (exact) mass is 1340 g/mol. The van der Waals surface area contributed by atoms with Crippen molar-refractivity contribution in [2.24, 2.45) is 0 Å². The Morgan fingerprint density at radius 2 is 0.824 bits per heavy atom. The molecule has 91 heavy (non-hydrogen) atoms. The van der Waals surface area contributed by atoms with Crippen LogP contribution >= 0.6 is 48.0 Å². The van der Waals surface area contributed by atoms with Gasteiger partial charge in [-0.2, -0.15) is 0 Å². The van der Waals surface area contributed by atoms with Gasteiger partial charge in [-0.1, -0.05) is 275 Å². The molecule has 1 spiro atoms. The molecule has 12 rings (SSSR count). The molecule has 0 saturated carbocycles. The molecule has 2 fully saturated rings. The van der Waals surface area contributed by atoms with Crippen molar-refractivity contribution in [1.82, 2.24) is 0 Å². The Kier molecular flexibility index (Phi) is 23.3. The Bertz CT molecular complexity index is 3120. The second kappa shape index (κ2) is 29.2. The second-order valence-electron chi connectivity index (χ2n) is 32.9. The van der Waals surface area contributed by atoms with Gasteiger partial charge >= 0.3 is 0 Å². The van der Waals surface area contributed by atoms with E-state index in [4.69, 9.17) is 13.8 Å². The molecule has 4 aliphatic heterocycles. The lowest BCUT2D eigenvalue weighted by molar-refractivity contribution is 0.409. The van der Waals surface area contributed by atoms with Crippen molar-refractivity contribution in [2.75, 3.05) is 18.5 Å². The zero-order valence-electron chi connectivity index (χ0n) is 60.6. The maximum Gasteiger partial charge on any atom is 0.296 e. The smallest absolute Gasteiger partial charge is 0.296 e. The lowest BCUT2D eigenvalue weighted by atomic mass is 9.76. The lowest BCUT2D eigenvalue weighted by Gasteiger charge is -2.46. The molecule has 0 aromatic heterocycles. The molecule has 2 saturated heterocycles. The van der Waals surface area contributed by atoms with Gasteiger partial charge in [-0.05, 0) is 182 Å². The zero-order valence-corrected chi connectivity index (χ0v) is 66.0. The number of hydrogen-bond donors (Lipinski definition) is 0. The number of rotatable bonds is 10. The minimum atomic E-state index is -1.04. The van der Waals surface area contributed by atoms with Gasteiger partial charge < -0.3 is 13.8 Å². The summed E-state index contributed by atoms with van der Waals surface area (Å²) in [5.41, 5.74) is 12.8. The van der Waals surface area contributed by atoms with Crippen LogP contribution in [0.5, 0.6) is 23.0 Å². The van der Waals surface area contributed by atoms with Crippen molar-refractivity contribution >= 4 is 69.2 Å². The molecule has 0 N–H and O–H groups in total. The second-order valence-corrected chi connectivity index (χ2v) is 51.6. The Labute approximate surface area is 563 Å². The lowest BCUT2D eigenvalue weighted by Crippen LogP contribution is -2.37. The molecule has 4 unspecified atom stereocenters. The summed E-state index contributed by atoms with van der Waals surface area (Å²) < 4.78 is 20.2. The van der Waals surface area contributed by atoms with E-state index in [1.165, 1.54) is 112 Å². The van der Waals surface area contributed by atoms with Crippen molar-refractivity contribution in [1.29, 1.82) is 0 Å². The average molecular weight is 1340 g/mol. The first-order chi connectivity index (χ1) is 42.7. The highest BCUT2D eigenvalue weighted by Crippen LogP contribution is 2.67. The number of benzene rings is 6. The third-order valence-corrected chi connectivity index (χ3v) is 39.1. The van der Waals surface area contributed by atoms with Gasteiger partial charge in [0.25, 0.3) is 8.38 Å². The fourth-order valence-electron chi connectivity index (χ4n) is 16.6. The molecular weight excluding hydrogens is 1220 g/mol. The summed E-state index contributed by atoms with van der Waals surface area (Å²) in [5.74, 6) is 4.38. The number of hydrogen-bond acceptors (Lipinski definition) is 3. The summed E-state index contributed by atoms with van der Waals surface area (Å²) in [6.45, 7) is 52.5. The third kappa shape index (κ3) is 16.2. The normalized spacial score (nSPS) is 22.1. The van der Waals surface area contributed by atoms with Crippen LogP contribution < -0.4 is 35.0 Å². The first kappa shape index (κ1) is 72.6. The van der Waals surface area contributed by atoms with Gasteiger partial charge in [0, 0.05) is 43.7 Å². The Hall–Kier alpha value is -2.70. The SMILES string of the molecule is CC(C)(C)P1Oc2cccc3c2C2(CC3)CCc3cccc(c32)O1.CC1(C)c2cccc(P(C(C)(C)C)C(C)(C)C)c2Oc2c(P(C(C)(C)C)C(C)(C)C)cccc21.CC1CCC(C)P1CCP1C(C)CCC1C.CCCCP(c1ccccc1)c1ccccc1. The van der Waals surface area contributed by atoms with E-state index in [-0.39, 0.29) is 44.5 Å². The van der Waals surface area contributed by atoms with Gasteiger partial charge in [0.1, 0.15) is 23.0 Å². The van der Waals surface area contributed by atoms with Crippen LogP contribution in [0.3, 0.4) is 0 Å². The first-order valence-corrected chi connectivity index (χ1v) is 43.8. The van der Waals surface area contributed by atoms with Gasteiger partial charge in [-0.15, -0.1) is 15.8 Å². The molecule has 6 aromatic carbocycles. The molecule has 3 nitrogen and oxygen atoms in total. The number of aryl methyl sites for hydroxylation is 2. The summed E-state index contributed by atoms with van der Waals surface area (Å²) >= 11 is 0. The van der Waals surface area contributed by atoms with Crippen molar-refractivity contribution in [3.05, 3.63) is 167 Å². The predicted octanol–water partition coefficient (Wildman–Crippen LogP) is 24.3. The van der Waals surface area contributed by atoms with E-state index >= 15 is 0 Å². The number of para-hydroxylation sites is 2. The fourth-order valence-corrected chi connectivity index (χ4v) is 35.7. The maximum absolute atomic E-state index is 7.15.